The van der Waals surface area contributed by atoms with Gasteiger partial charge in [0.1, 0.15) is 5.82 Å². The summed E-state index contributed by atoms with van der Waals surface area (Å²) in [5.74, 6) is -0.436. The van der Waals surface area contributed by atoms with Crippen molar-refractivity contribution in [2.75, 3.05) is 0 Å². The highest BCUT2D eigenvalue weighted by molar-refractivity contribution is 5.83. The highest BCUT2D eigenvalue weighted by atomic mass is 16.5. The Labute approximate surface area is 180 Å². The van der Waals surface area contributed by atoms with Crippen LogP contribution in [-0.4, -0.2) is 34.0 Å². The number of nitrogens with zero attached hydrogens (tertiary/aromatic N) is 1. The number of ether oxygens (including phenoxy) is 1. The summed E-state index contributed by atoms with van der Waals surface area (Å²) >= 11 is 0. The minimum Gasteiger partial charge on any atom is -0.453 e. The first-order valence-corrected chi connectivity index (χ1v) is 10.4. The van der Waals surface area contributed by atoms with Gasteiger partial charge in [0.2, 0.25) is 0 Å². The van der Waals surface area contributed by atoms with E-state index in [1.807, 2.05) is 25.1 Å². The summed E-state index contributed by atoms with van der Waals surface area (Å²) in [6.45, 7) is 3.48. The number of para-hydroxylation sites is 1. The Balaban J connectivity index is 1.44. The first kappa shape index (κ1) is 22.2. The van der Waals surface area contributed by atoms with Crippen LogP contribution in [0.15, 0.2) is 59.4 Å². The lowest BCUT2D eigenvalue weighted by molar-refractivity contribution is -0.155. The van der Waals surface area contributed by atoms with E-state index in [0.29, 0.717) is 16.7 Å². The van der Waals surface area contributed by atoms with E-state index in [1.165, 1.54) is 5.56 Å². The quantitative estimate of drug-likeness (QED) is 0.518. The molecule has 162 valence electrons. The van der Waals surface area contributed by atoms with Crippen molar-refractivity contribution in [3.05, 3.63) is 76.3 Å². The van der Waals surface area contributed by atoms with E-state index in [2.05, 4.69) is 27.4 Å². The molecule has 0 aliphatic carbocycles. The molecule has 0 saturated carbocycles. The largest absolute Gasteiger partial charge is 0.453 e. The lowest BCUT2D eigenvalue weighted by Gasteiger charge is -2.18. The average molecular weight is 421 g/mol. The van der Waals surface area contributed by atoms with Crippen molar-refractivity contribution in [3.8, 4) is 0 Å². The third-order valence-corrected chi connectivity index (χ3v) is 5.00. The molecule has 0 fully saturated rings. The van der Waals surface area contributed by atoms with Gasteiger partial charge in [0.25, 0.3) is 11.5 Å². The molecule has 0 aliphatic rings. The molecule has 2 aromatic carbocycles. The Morgan fingerprint density at radius 1 is 1.03 bits per heavy atom. The zero-order valence-electron chi connectivity index (χ0n) is 17.8. The van der Waals surface area contributed by atoms with Crippen LogP contribution in [0.25, 0.3) is 10.9 Å². The lowest BCUT2D eigenvalue weighted by Crippen LogP contribution is -2.41. The lowest BCUT2D eigenvalue weighted by atomic mass is 10.1. The number of aromatic nitrogens is 2. The van der Waals surface area contributed by atoms with E-state index < -0.39 is 12.1 Å². The molecule has 7 nitrogen and oxygen atoms in total. The topological polar surface area (TPSA) is 101 Å². The molecule has 3 rings (SSSR count). The number of aromatic amines is 1. The Hall–Kier alpha value is -3.48. The third-order valence-electron chi connectivity index (χ3n) is 5.00. The standard InChI is InChI=1S/C24H27N3O4/c1-16(12-13-18-8-4-3-5-9-18)25-23(29)17(2)31-22(28)15-14-21-26-20-11-7-6-10-19(20)24(30)27-21/h3-11,16-17H,12-15H2,1-2H3,(H,25,29)(H,26,27,30)/t16-,17-/m1/s1. The van der Waals surface area contributed by atoms with E-state index in [1.54, 1.807) is 31.2 Å². The van der Waals surface area contributed by atoms with Gasteiger partial charge in [-0.25, -0.2) is 4.98 Å². The van der Waals surface area contributed by atoms with Gasteiger partial charge in [-0.1, -0.05) is 42.5 Å². The monoisotopic (exact) mass is 421 g/mol. The number of amides is 1. The van der Waals surface area contributed by atoms with Gasteiger partial charge < -0.3 is 15.0 Å². The maximum absolute atomic E-state index is 12.3. The van der Waals surface area contributed by atoms with Gasteiger partial charge in [-0.05, 0) is 44.4 Å². The molecule has 1 aromatic heterocycles. The van der Waals surface area contributed by atoms with Crippen molar-refractivity contribution in [3.63, 3.8) is 0 Å². The van der Waals surface area contributed by atoms with Gasteiger partial charge >= 0.3 is 5.97 Å². The number of rotatable bonds is 9. The second-order valence-corrected chi connectivity index (χ2v) is 7.60. The number of aryl methyl sites for hydroxylation is 2. The van der Waals surface area contributed by atoms with Gasteiger partial charge in [0.15, 0.2) is 6.10 Å². The second kappa shape index (κ2) is 10.5. The molecule has 0 saturated heterocycles. The number of esters is 1. The molecule has 0 aliphatic heterocycles. The highest BCUT2D eigenvalue weighted by Crippen LogP contribution is 2.08. The molecule has 1 heterocycles. The van der Waals surface area contributed by atoms with Crippen LogP contribution < -0.4 is 10.9 Å². The van der Waals surface area contributed by atoms with Crippen molar-refractivity contribution >= 4 is 22.8 Å². The fourth-order valence-corrected chi connectivity index (χ4v) is 3.24. The van der Waals surface area contributed by atoms with Crippen LogP contribution in [0.5, 0.6) is 0 Å². The Morgan fingerprint density at radius 2 is 1.74 bits per heavy atom. The zero-order valence-corrected chi connectivity index (χ0v) is 17.8. The highest BCUT2D eigenvalue weighted by Gasteiger charge is 2.19. The summed E-state index contributed by atoms with van der Waals surface area (Å²) in [6.07, 6.45) is 0.990. The SMILES string of the molecule is C[C@H](CCc1ccccc1)NC(=O)[C@@H](C)OC(=O)CCc1nc2ccccc2c(=O)[nH]1. The molecule has 7 heteroatoms. The predicted octanol–water partition coefficient (Wildman–Crippen LogP) is 2.92. The van der Waals surface area contributed by atoms with Gasteiger partial charge in [-0.3, -0.25) is 14.4 Å². The first-order valence-electron chi connectivity index (χ1n) is 10.4. The molecule has 0 unspecified atom stereocenters. The molecular formula is C24H27N3O4. The summed E-state index contributed by atoms with van der Waals surface area (Å²) in [6, 6.07) is 17.0. The zero-order chi connectivity index (χ0) is 22.2. The van der Waals surface area contributed by atoms with Crippen LogP contribution in [-0.2, 0) is 27.2 Å². The fraction of sp³-hybridized carbons (Fsp3) is 0.333. The van der Waals surface area contributed by atoms with Crippen LogP contribution in [0.2, 0.25) is 0 Å². The molecular weight excluding hydrogens is 394 g/mol. The average Bonchev–Trinajstić information content (AvgIpc) is 2.77. The number of H-pyrrole nitrogens is 1. The second-order valence-electron chi connectivity index (χ2n) is 7.60. The van der Waals surface area contributed by atoms with Crippen molar-refractivity contribution in [2.24, 2.45) is 0 Å². The summed E-state index contributed by atoms with van der Waals surface area (Å²) in [5.41, 5.74) is 1.54. The molecule has 2 atom stereocenters. The summed E-state index contributed by atoms with van der Waals surface area (Å²) in [4.78, 5) is 43.6. The minimum absolute atomic E-state index is 0.0163. The molecule has 31 heavy (non-hydrogen) atoms. The van der Waals surface area contributed by atoms with Crippen molar-refractivity contribution in [1.82, 2.24) is 15.3 Å². The molecule has 0 spiro atoms. The van der Waals surface area contributed by atoms with Gasteiger partial charge in [0.05, 0.1) is 17.3 Å². The Bertz CT molecular complexity index is 1090. The van der Waals surface area contributed by atoms with E-state index >= 15 is 0 Å². The van der Waals surface area contributed by atoms with E-state index in [9.17, 15) is 14.4 Å². The predicted molar refractivity (Wildman–Crippen MR) is 119 cm³/mol. The molecule has 2 N–H and O–H groups in total. The summed E-state index contributed by atoms with van der Waals surface area (Å²) < 4.78 is 5.24. The van der Waals surface area contributed by atoms with E-state index in [4.69, 9.17) is 4.74 Å². The van der Waals surface area contributed by atoms with Crippen LogP contribution in [0.3, 0.4) is 0 Å². The normalized spacial score (nSPS) is 12.8. The maximum Gasteiger partial charge on any atom is 0.307 e. The molecule has 0 radical (unpaired) electrons. The number of hydrogen-bond donors (Lipinski definition) is 2. The fourth-order valence-electron chi connectivity index (χ4n) is 3.24. The van der Waals surface area contributed by atoms with Crippen LogP contribution in [0, 0.1) is 0 Å². The number of hydrogen-bond acceptors (Lipinski definition) is 5. The number of carbonyl (C=O) groups is 2. The number of nitrogens with one attached hydrogen (secondary N) is 2. The van der Waals surface area contributed by atoms with Gasteiger partial charge in [0, 0.05) is 12.5 Å². The van der Waals surface area contributed by atoms with Crippen molar-refractivity contribution in [1.29, 1.82) is 0 Å². The van der Waals surface area contributed by atoms with Crippen LogP contribution >= 0.6 is 0 Å². The summed E-state index contributed by atoms with van der Waals surface area (Å²) in [7, 11) is 0. The Morgan fingerprint density at radius 3 is 2.52 bits per heavy atom. The van der Waals surface area contributed by atoms with E-state index in [0.717, 1.165) is 12.8 Å². The smallest absolute Gasteiger partial charge is 0.307 e. The molecule has 3 aromatic rings. The van der Waals surface area contributed by atoms with Crippen molar-refractivity contribution < 1.29 is 14.3 Å². The van der Waals surface area contributed by atoms with E-state index in [-0.39, 0.29) is 30.3 Å². The molecule has 0 bridgehead atoms. The maximum atomic E-state index is 12.3. The van der Waals surface area contributed by atoms with Crippen molar-refractivity contribution in [2.45, 2.75) is 51.7 Å². The third kappa shape index (κ3) is 6.50. The number of benzene rings is 2. The first-order chi connectivity index (χ1) is 14.9. The van der Waals surface area contributed by atoms with Gasteiger partial charge in [-0.2, -0.15) is 0 Å². The number of fused-ring (bicyclic) bond motifs is 1. The van der Waals surface area contributed by atoms with Crippen LogP contribution in [0.4, 0.5) is 0 Å². The minimum atomic E-state index is -0.893. The van der Waals surface area contributed by atoms with Gasteiger partial charge in [-0.15, -0.1) is 0 Å². The summed E-state index contributed by atoms with van der Waals surface area (Å²) in [5, 5.41) is 3.38. The number of carbonyl (C=O) groups excluding carboxylic acids is 2. The van der Waals surface area contributed by atoms with Crippen LogP contribution in [0.1, 0.15) is 38.1 Å². The molecule has 1 amide bonds. The Kier molecular flexibility index (Phi) is 7.54.